The molecule has 1 aromatic heterocycles. The van der Waals surface area contributed by atoms with Crippen LogP contribution in [0.5, 0.6) is 0 Å². The van der Waals surface area contributed by atoms with E-state index in [4.69, 9.17) is 5.10 Å². The lowest BCUT2D eigenvalue weighted by atomic mass is 9.67. The van der Waals surface area contributed by atoms with Crippen LogP contribution < -0.4 is 0 Å². The average Bonchev–Trinajstić information content (AvgIpc) is 3.43. The topological polar surface area (TPSA) is 55.1 Å². The molecule has 0 saturated heterocycles. The molecule has 4 atom stereocenters. The van der Waals surface area contributed by atoms with Crippen LogP contribution in [-0.4, -0.2) is 31.1 Å². The van der Waals surface area contributed by atoms with Crippen LogP contribution in [0.1, 0.15) is 42.1 Å². The largest absolute Gasteiger partial charge is 0.388 e. The van der Waals surface area contributed by atoms with Crippen molar-refractivity contribution in [3.05, 3.63) is 88.1 Å². The standard InChI is InChI=1S/C28H28N2O2S/c1-18-8-11-21(12-9-18)30-25-14-20-10-13-24(28(20,2)15-19(25)16-29-30)27(31)23-17-33(3,32)26-7-5-4-6-22(23)26/h4-9,11-12,14,16-17,24,27,31H,3,10,13,15H2,1-2H3/t24-,27+,28+,33?/m1/s1. The first-order valence-corrected chi connectivity index (χ1v) is 13.3. The highest BCUT2D eigenvalue weighted by Gasteiger charge is 2.49. The van der Waals surface area contributed by atoms with E-state index in [0.717, 1.165) is 46.7 Å². The van der Waals surface area contributed by atoms with Crippen LogP contribution in [0, 0.1) is 18.3 Å². The summed E-state index contributed by atoms with van der Waals surface area (Å²) in [6.45, 7) is 4.36. The van der Waals surface area contributed by atoms with E-state index in [-0.39, 0.29) is 11.3 Å². The van der Waals surface area contributed by atoms with E-state index in [1.165, 1.54) is 16.7 Å². The fraction of sp³-hybridized carbons (Fsp3) is 0.286. The number of rotatable bonds is 3. The van der Waals surface area contributed by atoms with Crippen molar-refractivity contribution in [1.29, 1.82) is 0 Å². The molecular weight excluding hydrogens is 428 g/mol. The lowest BCUT2D eigenvalue weighted by Crippen LogP contribution is -2.36. The summed E-state index contributed by atoms with van der Waals surface area (Å²) in [4.78, 5) is 0.739. The van der Waals surface area contributed by atoms with E-state index >= 15 is 0 Å². The minimum atomic E-state index is -2.51. The molecule has 33 heavy (non-hydrogen) atoms. The molecule has 2 heterocycles. The Labute approximate surface area is 195 Å². The van der Waals surface area contributed by atoms with Crippen molar-refractivity contribution in [2.45, 2.75) is 44.1 Å². The number of aryl methyl sites for hydroxylation is 1. The van der Waals surface area contributed by atoms with Gasteiger partial charge in [-0.1, -0.05) is 48.4 Å². The van der Waals surface area contributed by atoms with E-state index in [1.807, 2.05) is 35.1 Å². The molecule has 3 aromatic rings. The Morgan fingerprint density at radius 1 is 1.21 bits per heavy atom. The zero-order chi connectivity index (χ0) is 23.0. The van der Waals surface area contributed by atoms with Crippen LogP contribution in [-0.2, 0) is 15.9 Å². The van der Waals surface area contributed by atoms with E-state index in [1.54, 1.807) is 5.41 Å². The number of nitrogens with zero attached hydrogens (tertiary/aromatic N) is 2. The predicted octanol–water partition coefficient (Wildman–Crippen LogP) is 5.03. The zero-order valence-electron chi connectivity index (χ0n) is 19.0. The van der Waals surface area contributed by atoms with E-state index in [9.17, 15) is 9.32 Å². The monoisotopic (exact) mass is 456 g/mol. The molecule has 0 radical (unpaired) electrons. The first-order valence-electron chi connectivity index (χ1n) is 11.5. The Morgan fingerprint density at radius 3 is 2.76 bits per heavy atom. The Balaban J connectivity index is 1.37. The van der Waals surface area contributed by atoms with Crippen molar-refractivity contribution in [2.75, 3.05) is 0 Å². The maximum Gasteiger partial charge on any atom is 0.0838 e. The SMILES string of the molecule is C=S1(=O)C=C([C@H](O)[C@H]2CCC3=Cc4c(cnn4-c4ccc(C)cc4)C[C@@]32C)c2ccccc21. The van der Waals surface area contributed by atoms with Gasteiger partial charge in [-0.2, -0.15) is 5.10 Å². The second-order valence-corrected chi connectivity index (χ2v) is 12.1. The Morgan fingerprint density at radius 2 is 1.97 bits per heavy atom. The lowest BCUT2D eigenvalue weighted by molar-refractivity contribution is 0.0994. The van der Waals surface area contributed by atoms with E-state index in [2.05, 4.69) is 50.1 Å². The molecule has 0 amide bonds. The minimum absolute atomic E-state index is 0.0484. The number of allylic oxidation sites excluding steroid dienone is 1. The summed E-state index contributed by atoms with van der Waals surface area (Å²) < 4.78 is 15.1. The Hall–Kier alpha value is -2.89. The molecule has 1 fully saturated rings. The van der Waals surface area contributed by atoms with Gasteiger partial charge in [0.15, 0.2) is 0 Å². The quantitative estimate of drug-likeness (QED) is 0.563. The van der Waals surface area contributed by atoms with Gasteiger partial charge < -0.3 is 5.11 Å². The van der Waals surface area contributed by atoms with E-state index < -0.39 is 15.6 Å². The van der Waals surface area contributed by atoms with Crippen LogP contribution in [0.3, 0.4) is 0 Å². The summed E-state index contributed by atoms with van der Waals surface area (Å²) in [5.41, 5.74) is 7.52. The highest BCUT2D eigenvalue weighted by Crippen LogP contribution is 2.56. The summed E-state index contributed by atoms with van der Waals surface area (Å²) in [6, 6.07) is 16.1. The van der Waals surface area contributed by atoms with Crippen molar-refractivity contribution < 1.29 is 9.32 Å². The molecule has 1 aliphatic heterocycles. The fourth-order valence-electron chi connectivity index (χ4n) is 6.06. The summed E-state index contributed by atoms with van der Waals surface area (Å²) in [6.07, 6.45) is 6.29. The molecule has 5 heteroatoms. The molecule has 0 spiro atoms. The number of hydrogen-bond donors (Lipinski definition) is 1. The summed E-state index contributed by atoms with van der Waals surface area (Å²) in [5.74, 6) is 4.00. The average molecular weight is 457 g/mol. The number of aliphatic hydroxyl groups is 1. The zero-order valence-corrected chi connectivity index (χ0v) is 19.8. The maximum atomic E-state index is 13.1. The normalized spacial score (nSPS) is 28.5. The van der Waals surface area contributed by atoms with Crippen molar-refractivity contribution >= 4 is 27.0 Å². The third-order valence-electron chi connectivity index (χ3n) is 7.90. The van der Waals surface area contributed by atoms with Gasteiger partial charge in [0.2, 0.25) is 0 Å². The molecule has 3 aliphatic rings. The van der Waals surface area contributed by atoms with Gasteiger partial charge in [-0.3, -0.25) is 4.21 Å². The lowest BCUT2D eigenvalue weighted by Gasteiger charge is -2.38. The van der Waals surface area contributed by atoms with Gasteiger partial charge in [-0.25, -0.2) is 4.68 Å². The Bertz CT molecular complexity index is 1440. The van der Waals surface area contributed by atoms with Gasteiger partial charge in [0.1, 0.15) is 0 Å². The van der Waals surface area contributed by atoms with Gasteiger partial charge in [0, 0.05) is 19.8 Å². The maximum absolute atomic E-state index is 13.1. The van der Waals surface area contributed by atoms with Gasteiger partial charge in [-0.05, 0) is 84.4 Å². The van der Waals surface area contributed by atoms with Crippen LogP contribution in [0.4, 0.5) is 0 Å². The number of fused-ring (bicyclic) bond motifs is 3. The number of benzene rings is 2. The summed E-state index contributed by atoms with van der Waals surface area (Å²) in [5, 5.41) is 18.0. The molecule has 2 aromatic carbocycles. The molecule has 2 aliphatic carbocycles. The number of hydrogen-bond acceptors (Lipinski definition) is 3. The van der Waals surface area contributed by atoms with Crippen molar-refractivity contribution in [3.8, 4) is 5.69 Å². The fourth-order valence-corrected chi connectivity index (χ4v) is 7.73. The third-order valence-corrected chi connectivity index (χ3v) is 9.63. The molecular formula is C28H28N2O2S. The molecule has 168 valence electrons. The molecule has 0 bridgehead atoms. The summed E-state index contributed by atoms with van der Waals surface area (Å²) in [7, 11) is -2.51. The van der Waals surface area contributed by atoms with Crippen molar-refractivity contribution in [1.82, 2.24) is 9.78 Å². The number of aliphatic hydroxyl groups excluding tert-OH is 1. The van der Waals surface area contributed by atoms with Gasteiger partial charge in [0.25, 0.3) is 0 Å². The molecule has 1 unspecified atom stereocenters. The number of aromatic nitrogens is 2. The third kappa shape index (κ3) is 3.02. The van der Waals surface area contributed by atoms with Gasteiger partial charge in [-0.15, -0.1) is 0 Å². The van der Waals surface area contributed by atoms with Crippen molar-refractivity contribution in [3.63, 3.8) is 0 Å². The van der Waals surface area contributed by atoms with E-state index in [0.29, 0.717) is 0 Å². The molecule has 1 saturated carbocycles. The van der Waals surface area contributed by atoms with Crippen LogP contribution in [0.25, 0.3) is 17.3 Å². The van der Waals surface area contributed by atoms with Crippen LogP contribution >= 0.6 is 0 Å². The molecule has 4 nitrogen and oxygen atoms in total. The van der Waals surface area contributed by atoms with Gasteiger partial charge >= 0.3 is 0 Å². The highest BCUT2D eigenvalue weighted by molar-refractivity contribution is 8.03. The molecule has 6 rings (SSSR count). The van der Waals surface area contributed by atoms with Crippen LogP contribution in [0.2, 0.25) is 0 Å². The predicted molar refractivity (Wildman–Crippen MR) is 135 cm³/mol. The first-order chi connectivity index (χ1) is 15.8. The minimum Gasteiger partial charge on any atom is -0.388 e. The Kier molecular flexibility index (Phi) is 4.42. The second-order valence-electron chi connectivity index (χ2n) is 9.95. The summed E-state index contributed by atoms with van der Waals surface area (Å²) >= 11 is 0. The smallest absolute Gasteiger partial charge is 0.0838 e. The van der Waals surface area contributed by atoms with Crippen LogP contribution in [0.15, 0.2) is 70.6 Å². The second kappa shape index (κ2) is 7.05. The van der Waals surface area contributed by atoms with Gasteiger partial charge in [0.05, 0.1) is 23.7 Å². The molecule has 1 N–H and O–H groups in total. The highest BCUT2D eigenvalue weighted by atomic mass is 32.2. The first kappa shape index (κ1) is 20.7. The van der Waals surface area contributed by atoms with Crippen molar-refractivity contribution in [2.24, 2.45) is 11.3 Å².